The lowest BCUT2D eigenvalue weighted by Crippen LogP contribution is -2.11. The molecule has 1 nitrogen and oxygen atoms in total. The Balaban J connectivity index is 1.88. The number of aryl methyl sites for hydroxylation is 1. The van der Waals surface area contributed by atoms with Crippen LogP contribution in [0.15, 0.2) is 48.5 Å². The Bertz CT molecular complexity index is 545. The summed E-state index contributed by atoms with van der Waals surface area (Å²) in [5, 5.41) is 0. The van der Waals surface area contributed by atoms with Crippen LogP contribution in [0.1, 0.15) is 47.6 Å². The van der Waals surface area contributed by atoms with E-state index in [1.165, 1.54) is 41.5 Å². The van der Waals surface area contributed by atoms with Gasteiger partial charge in [-0.25, -0.2) is 0 Å². The molecule has 0 spiro atoms. The maximum atomic E-state index is 6.31. The van der Waals surface area contributed by atoms with Gasteiger partial charge in [-0.1, -0.05) is 55.0 Å². The molecule has 1 atom stereocenters. The summed E-state index contributed by atoms with van der Waals surface area (Å²) >= 11 is 0. The maximum Gasteiger partial charge on any atom is 0.0297 e. The van der Waals surface area contributed by atoms with E-state index in [0.29, 0.717) is 0 Å². The monoisotopic (exact) mass is 251 g/mol. The second-order valence-corrected chi connectivity index (χ2v) is 5.55. The van der Waals surface area contributed by atoms with E-state index >= 15 is 0 Å². The normalized spacial score (nSPS) is 18.7. The van der Waals surface area contributed by atoms with Crippen molar-refractivity contribution in [1.82, 2.24) is 0 Å². The average molecular weight is 251 g/mol. The number of hydrogen-bond acceptors (Lipinski definition) is 1. The van der Waals surface area contributed by atoms with Gasteiger partial charge in [0.2, 0.25) is 0 Å². The van der Waals surface area contributed by atoms with Gasteiger partial charge in [-0.15, -0.1) is 0 Å². The molecule has 0 radical (unpaired) electrons. The van der Waals surface area contributed by atoms with E-state index in [9.17, 15) is 0 Å². The molecular weight excluding hydrogens is 230 g/mol. The first-order chi connectivity index (χ1) is 9.33. The molecule has 0 saturated heterocycles. The number of rotatable bonds is 2. The summed E-state index contributed by atoms with van der Waals surface area (Å²) in [6, 6.07) is 17.8. The van der Waals surface area contributed by atoms with Crippen LogP contribution in [0.3, 0.4) is 0 Å². The van der Waals surface area contributed by atoms with Crippen LogP contribution in [0.2, 0.25) is 0 Å². The molecule has 2 N–H and O–H groups in total. The first kappa shape index (κ1) is 12.4. The summed E-state index contributed by atoms with van der Waals surface area (Å²) < 4.78 is 0. The van der Waals surface area contributed by atoms with Gasteiger partial charge in [0.15, 0.2) is 0 Å². The third kappa shape index (κ3) is 2.87. The van der Waals surface area contributed by atoms with Crippen molar-refractivity contribution in [3.8, 4) is 0 Å². The van der Waals surface area contributed by atoms with E-state index < -0.39 is 0 Å². The number of benzene rings is 2. The van der Waals surface area contributed by atoms with Gasteiger partial charge in [0.05, 0.1) is 0 Å². The number of hydrogen-bond donors (Lipinski definition) is 1. The molecule has 0 aromatic heterocycles. The Morgan fingerprint density at radius 1 is 0.947 bits per heavy atom. The standard InChI is InChI=1S/C18H21N/c19-18-9-5-4-8-16-11-10-15(13-17(16)18)12-14-6-2-1-3-7-14/h1-3,6-7,10-11,13,18H,4-5,8-9,12,19H2/t18-/m1/s1. The zero-order valence-electron chi connectivity index (χ0n) is 11.3. The van der Waals surface area contributed by atoms with Gasteiger partial charge in [0, 0.05) is 6.04 Å². The molecule has 0 heterocycles. The lowest BCUT2D eigenvalue weighted by atomic mass is 9.94. The summed E-state index contributed by atoms with van der Waals surface area (Å²) in [4.78, 5) is 0. The molecule has 2 aromatic carbocycles. The highest BCUT2D eigenvalue weighted by Crippen LogP contribution is 2.28. The van der Waals surface area contributed by atoms with Crippen LogP contribution in [-0.2, 0) is 12.8 Å². The van der Waals surface area contributed by atoms with Gasteiger partial charge in [-0.05, 0) is 47.9 Å². The van der Waals surface area contributed by atoms with Gasteiger partial charge in [0.1, 0.15) is 0 Å². The Hall–Kier alpha value is -1.60. The van der Waals surface area contributed by atoms with E-state index in [1.807, 2.05) is 0 Å². The number of fused-ring (bicyclic) bond motifs is 1. The zero-order chi connectivity index (χ0) is 13.1. The van der Waals surface area contributed by atoms with Crippen molar-refractivity contribution in [2.45, 2.75) is 38.1 Å². The van der Waals surface area contributed by atoms with Crippen molar-refractivity contribution in [2.24, 2.45) is 5.73 Å². The second kappa shape index (κ2) is 5.58. The van der Waals surface area contributed by atoms with Crippen molar-refractivity contribution in [2.75, 3.05) is 0 Å². The third-order valence-electron chi connectivity index (χ3n) is 4.07. The lowest BCUT2D eigenvalue weighted by molar-refractivity contribution is 0.615. The Kier molecular flexibility index (Phi) is 3.65. The molecule has 1 heteroatoms. The van der Waals surface area contributed by atoms with Crippen molar-refractivity contribution in [3.63, 3.8) is 0 Å². The fourth-order valence-corrected chi connectivity index (χ4v) is 2.99. The van der Waals surface area contributed by atoms with E-state index in [0.717, 1.165) is 12.8 Å². The van der Waals surface area contributed by atoms with Gasteiger partial charge in [-0.3, -0.25) is 0 Å². The highest BCUT2D eigenvalue weighted by molar-refractivity contribution is 5.37. The van der Waals surface area contributed by atoms with Crippen LogP contribution in [-0.4, -0.2) is 0 Å². The molecule has 1 aliphatic rings. The van der Waals surface area contributed by atoms with Gasteiger partial charge in [0.25, 0.3) is 0 Å². The number of nitrogens with two attached hydrogens (primary N) is 1. The topological polar surface area (TPSA) is 26.0 Å². The van der Waals surface area contributed by atoms with E-state index in [4.69, 9.17) is 5.73 Å². The summed E-state index contributed by atoms with van der Waals surface area (Å²) in [5.74, 6) is 0. The molecule has 3 rings (SSSR count). The van der Waals surface area contributed by atoms with Crippen LogP contribution < -0.4 is 5.73 Å². The van der Waals surface area contributed by atoms with Crippen molar-refractivity contribution in [3.05, 3.63) is 70.8 Å². The Morgan fingerprint density at radius 3 is 2.63 bits per heavy atom. The van der Waals surface area contributed by atoms with Crippen LogP contribution in [0.25, 0.3) is 0 Å². The molecule has 2 aromatic rings. The molecule has 0 bridgehead atoms. The minimum Gasteiger partial charge on any atom is -0.324 e. The molecule has 19 heavy (non-hydrogen) atoms. The summed E-state index contributed by atoms with van der Waals surface area (Å²) in [6.45, 7) is 0. The van der Waals surface area contributed by atoms with Crippen molar-refractivity contribution >= 4 is 0 Å². The minimum absolute atomic E-state index is 0.230. The smallest absolute Gasteiger partial charge is 0.0297 e. The van der Waals surface area contributed by atoms with Gasteiger partial charge < -0.3 is 5.73 Å². The van der Waals surface area contributed by atoms with E-state index in [2.05, 4.69) is 48.5 Å². The molecule has 0 saturated carbocycles. The van der Waals surface area contributed by atoms with E-state index in [-0.39, 0.29) is 6.04 Å². The van der Waals surface area contributed by atoms with Crippen LogP contribution in [0.4, 0.5) is 0 Å². The Morgan fingerprint density at radius 2 is 1.79 bits per heavy atom. The van der Waals surface area contributed by atoms with Crippen LogP contribution in [0.5, 0.6) is 0 Å². The second-order valence-electron chi connectivity index (χ2n) is 5.55. The first-order valence-corrected chi connectivity index (χ1v) is 7.24. The van der Waals surface area contributed by atoms with Gasteiger partial charge >= 0.3 is 0 Å². The molecule has 0 unspecified atom stereocenters. The summed E-state index contributed by atoms with van der Waals surface area (Å²) in [6.07, 6.45) is 5.85. The fourth-order valence-electron chi connectivity index (χ4n) is 2.99. The molecule has 0 fully saturated rings. The van der Waals surface area contributed by atoms with Crippen molar-refractivity contribution in [1.29, 1.82) is 0 Å². The lowest BCUT2D eigenvalue weighted by Gasteiger charge is -2.14. The highest BCUT2D eigenvalue weighted by Gasteiger charge is 2.15. The van der Waals surface area contributed by atoms with Gasteiger partial charge in [-0.2, -0.15) is 0 Å². The SMILES string of the molecule is N[C@@H]1CCCCc2ccc(Cc3ccccc3)cc21. The molecule has 0 amide bonds. The van der Waals surface area contributed by atoms with Crippen LogP contribution >= 0.6 is 0 Å². The summed E-state index contributed by atoms with van der Waals surface area (Å²) in [5.41, 5.74) is 11.9. The van der Waals surface area contributed by atoms with E-state index in [1.54, 1.807) is 0 Å². The third-order valence-corrected chi connectivity index (χ3v) is 4.07. The molecule has 98 valence electrons. The van der Waals surface area contributed by atoms with Crippen molar-refractivity contribution < 1.29 is 0 Å². The quantitative estimate of drug-likeness (QED) is 0.802. The highest BCUT2D eigenvalue weighted by atomic mass is 14.6. The predicted octanol–water partition coefficient (Wildman–Crippen LogP) is 4.00. The molecule has 0 aliphatic heterocycles. The zero-order valence-corrected chi connectivity index (χ0v) is 11.3. The average Bonchev–Trinajstić information content (AvgIpc) is 2.62. The fraction of sp³-hybridized carbons (Fsp3) is 0.333. The Labute approximate surface area is 115 Å². The summed E-state index contributed by atoms with van der Waals surface area (Å²) in [7, 11) is 0. The molecule has 1 aliphatic carbocycles. The largest absolute Gasteiger partial charge is 0.324 e. The molecular formula is C18H21N. The minimum atomic E-state index is 0.230. The first-order valence-electron chi connectivity index (χ1n) is 7.24. The van der Waals surface area contributed by atoms with Crippen LogP contribution in [0, 0.1) is 0 Å². The maximum absolute atomic E-state index is 6.31. The predicted molar refractivity (Wildman–Crippen MR) is 80.2 cm³/mol.